The van der Waals surface area contributed by atoms with Crippen LogP contribution in [0.5, 0.6) is 0 Å². The molecule has 0 aromatic carbocycles. The summed E-state index contributed by atoms with van der Waals surface area (Å²) in [6.07, 6.45) is 5.94. The second kappa shape index (κ2) is 6.53. The minimum absolute atomic E-state index is 0.709. The Labute approximate surface area is 115 Å². The molecule has 1 saturated carbocycles. The summed E-state index contributed by atoms with van der Waals surface area (Å²) in [5.41, 5.74) is 0. The molecule has 0 amide bonds. The van der Waals surface area contributed by atoms with E-state index in [9.17, 15) is 0 Å². The van der Waals surface area contributed by atoms with E-state index < -0.39 is 0 Å². The van der Waals surface area contributed by atoms with Crippen molar-refractivity contribution in [2.75, 3.05) is 18.0 Å². The third-order valence-corrected chi connectivity index (χ3v) is 4.13. The van der Waals surface area contributed by atoms with Crippen LogP contribution in [0.1, 0.15) is 44.9 Å². The lowest BCUT2D eigenvalue weighted by molar-refractivity contribution is 0.554. The molecule has 0 spiro atoms. The summed E-state index contributed by atoms with van der Waals surface area (Å²) in [4.78, 5) is 8.45. The van der Waals surface area contributed by atoms with E-state index in [1.165, 1.54) is 29.3 Å². The third-order valence-electron chi connectivity index (χ3n) is 3.09. The quantitative estimate of drug-likeness (QED) is 0.783. The topological polar surface area (TPSA) is 28.2 Å². The fourth-order valence-corrected chi connectivity index (χ4v) is 3.03. The van der Waals surface area contributed by atoms with Crippen molar-refractivity contribution in [2.45, 2.75) is 52.6 Å². The standard InChI is InChI=1S/C14H25N3S/c1-4-7-17(12-5-6-12)14-16-10-13(18-14)9-15-8-11(2)3/h10-12,15H,4-9H2,1-3H3. The Morgan fingerprint density at radius 3 is 2.89 bits per heavy atom. The van der Waals surface area contributed by atoms with Crippen LogP contribution in [0.15, 0.2) is 6.20 Å². The molecule has 1 heterocycles. The van der Waals surface area contributed by atoms with E-state index >= 15 is 0 Å². The van der Waals surface area contributed by atoms with E-state index in [1.807, 2.05) is 17.5 Å². The number of thiazole rings is 1. The first-order valence-corrected chi connectivity index (χ1v) is 7.94. The molecule has 1 aromatic heterocycles. The molecule has 1 N–H and O–H groups in total. The van der Waals surface area contributed by atoms with E-state index in [2.05, 4.69) is 36.0 Å². The predicted molar refractivity (Wildman–Crippen MR) is 79.3 cm³/mol. The van der Waals surface area contributed by atoms with Gasteiger partial charge < -0.3 is 10.2 Å². The number of rotatable bonds is 8. The van der Waals surface area contributed by atoms with Crippen LogP contribution in [-0.2, 0) is 6.54 Å². The van der Waals surface area contributed by atoms with E-state index in [1.54, 1.807) is 0 Å². The minimum atomic E-state index is 0.709. The normalized spacial score (nSPS) is 15.3. The van der Waals surface area contributed by atoms with Gasteiger partial charge in [0.05, 0.1) is 0 Å². The second-order valence-corrected chi connectivity index (χ2v) is 6.65. The van der Waals surface area contributed by atoms with Crippen LogP contribution in [0, 0.1) is 5.92 Å². The Morgan fingerprint density at radius 2 is 2.28 bits per heavy atom. The number of nitrogens with one attached hydrogen (secondary N) is 1. The minimum Gasteiger partial charge on any atom is -0.345 e. The maximum absolute atomic E-state index is 4.60. The highest BCUT2D eigenvalue weighted by molar-refractivity contribution is 7.15. The molecule has 0 radical (unpaired) electrons. The molecule has 0 saturated heterocycles. The summed E-state index contributed by atoms with van der Waals surface area (Å²) in [5, 5.41) is 4.70. The van der Waals surface area contributed by atoms with Gasteiger partial charge in [-0.1, -0.05) is 20.8 Å². The Morgan fingerprint density at radius 1 is 1.50 bits per heavy atom. The lowest BCUT2D eigenvalue weighted by atomic mass is 10.2. The smallest absolute Gasteiger partial charge is 0.185 e. The van der Waals surface area contributed by atoms with Gasteiger partial charge in [0.15, 0.2) is 5.13 Å². The molecule has 0 aliphatic heterocycles. The van der Waals surface area contributed by atoms with Crippen molar-refractivity contribution >= 4 is 16.5 Å². The number of hydrogen-bond acceptors (Lipinski definition) is 4. The van der Waals surface area contributed by atoms with E-state index in [0.29, 0.717) is 5.92 Å². The first-order chi connectivity index (χ1) is 8.70. The van der Waals surface area contributed by atoms with Crippen LogP contribution < -0.4 is 10.2 Å². The van der Waals surface area contributed by atoms with Gasteiger partial charge in [-0.05, 0) is 31.7 Å². The van der Waals surface area contributed by atoms with Crippen molar-refractivity contribution in [2.24, 2.45) is 5.92 Å². The molecular weight excluding hydrogens is 242 g/mol. The van der Waals surface area contributed by atoms with Gasteiger partial charge in [-0.2, -0.15) is 0 Å². The van der Waals surface area contributed by atoms with Gasteiger partial charge in [-0.3, -0.25) is 0 Å². The zero-order chi connectivity index (χ0) is 13.0. The molecule has 1 aliphatic carbocycles. The lowest BCUT2D eigenvalue weighted by Crippen LogP contribution is -2.26. The predicted octanol–water partition coefficient (Wildman–Crippen LogP) is 3.27. The van der Waals surface area contributed by atoms with Crippen LogP contribution in [0.3, 0.4) is 0 Å². The lowest BCUT2D eigenvalue weighted by Gasteiger charge is -2.20. The fourth-order valence-electron chi connectivity index (χ4n) is 2.06. The molecule has 18 heavy (non-hydrogen) atoms. The SMILES string of the molecule is CCCN(c1ncc(CNCC(C)C)s1)C1CC1. The van der Waals surface area contributed by atoms with Gasteiger partial charge in [0, 0.05) is 30.2 Å². The number of hydrogen-bond donors (Lipinski definition) is 1. The van der Waals surface area contributed by atoms with Crippen LogP contribution in [0.2, 0.25) is 0 Å². The third kappa shape index (κ3) is 3.95. The summed E-state index contributed by atoms with van der Waals surface area (Å²) >= 11 is 1.85. The molecule has 4 heteroatoms. The van der Waals surface area contributed by atoms with Gasteiger partial charge in [-0.15, -0.1) is 11.3 Å². The Bertz CT molecular complexity index is 358. The van der Waals surface area contributed by atoms with Crippen LogP contribution in [0.4, 0.5) is 5.13 Å². The summed E-state index contributed by atoms with van der Waals surface area (Å²) in [6, 6.07) is 0.771. The van der Waals surface area contributed by atoms with Crippen LogP contribution in [-0.4, -0.2) is 24.1 Å². The molecule has 0 bridgehead atoms. The Balaban J connectivity index is 1.87. The zero-order valence-electron chi connectivity index (χ0n) is 11.8. The zero-order valence-corrected chi connectivity index (χ0v) is 12.6. The largest absolute Gasteiger partial charge is 0.345 e. The van der Waals surface area contributed by atoms with Crippen molar-refractivity contribution in [3.63, 3.8) is 0 Å². The van der Waals surface area contributed by atoms with E-state index in [-0.39, 0.29) is 0 Å². The second-order valence-electron chi connectivity index (χ2n) is 5.56. The highest BCUT2D eigenvalue weighted by Crippen LogP contribution is 2.34. The van der Waals surface area contributed by atoms with Gasteiger partial charge in [0.25, 0.3) is 0 Å². The summed E-state index contributed by atoms with van der Waals surface area (Å²) < 4.78 is 0. The molecule has 1 aromatic rings. The highest BCUT2D eigenvalue weighted by Gasteiger charge is 2.30. The monoisotopic (exact) mass is 267 g/mol. The van der Waals surface area contributed by atoms with Crippen LogP contribution in [0.25, 0.3) is 0 Å². The van der Waals surface area contributed by atoms with Crippen molar-refractivity contribution in [1.29, 1.82) is 0 Å². The van der Waals surface area contributed by atoms with Crippen molar-refractivity contribution < 1.29 is 0 Å². The number of anilines is 1. The van der Waals surface area contributed by atoms with E-state index in [4.69, 9.17) is 0 Å². The summed E-state index contributed by atoms with van der Waals surface area (Å²) in [5.74, 6) is 0.709. The highest BCUT2D eigenvalue weighted by atomic mass is 32.1. The van der Waals surface area contributed by atoms with Crippen LogP contribution >= 0.6 is 11.3 Å². The van der Waals surface area contributed by atoms with Crippen molar-refractivity contribution in [3.8, 4) is 0 Å². The molecule has 102 valence electrons. The van der Waals surface area contributed by atoms with Crippen molar-refractivity contribution in [1.82, 2.24) is 10.3 Å². The maximum Gasteiger partial charge on any atom is 0.185 e. The van der Waals surface area contributed by atoms with Gasteiger partial charge >= 0.3 is 0 Å². The molecule has 2 rings (SSSR count). The molecule has 0 unspecified atom stereocenters. The van der Waals surface area contributed by atoms with Gasteiger partial charge in [0.2, 0.25) is 0 Å². The van der Waals surface area contributed by atoms with Gasteiger partial charge in [-0.25, -0.2) is 4.98 Å². The maximum atomic E-state index is 4.60. The van der Waals surface area contributed by atoms with Gasteiger partial charge in [0.1, 0.15) is 0 Å². The molecule has 1 fully saturated rings. The van der Waals surface area contributed by atoms with Crippen molar-refractivity contribution in [3.05, 3.63) is 11.1 Å². The first-order valence-electron chi connectivity index (χ1n) is 7.12. The number of nitrogens with zero attached hydrogens (tertiary/aromatic N) is 2. The fraction of sp³-hybridized carbons (Fsp3) is 0.786. The molecular formula is C14H25N3S. The summed E-state index contributed by atoms with van der Waals surface area (Å²) in [7, 11) is 0. The molecule has 3 nitrogen and oxygen atoms in total. The Hall–Kier alpha value is -0.610. The number of aromatic nitrogens is 1. The Kier molecular flexibility index (Phi) is 5.01. The first kappa shape index (κ1) is 13.8. The molecule has 0 atom stereocenters. The average molecular weight is 267 g/mol. The summed E-state index contributed by atoms with van der Waals surface area (Å²) in [6.45, 7) is 9.91. The van der Waals surface area contributed by atoms with E-state index in [0.717, 1.165) is 25.7 Å². The average Bonchev–Trinajstić information content (AvgIpc) is 3.06. The molecule has 1 aliphatic rings.